The van der Waals surface area contributed by atoms with Crippen molar-refractivity contribution in [3.8, 4) is 11.4 Å². The van der Waals surface area contributed by atoms with Gasteiger partial charge < -0.3 is 15.4 Å². The quantitative estimate of drug-likeness (QED) is 0.489. The second-order valence-electron chi connectivity index (χ2n) is 7.23. The molecule has 3 aromatic heterocycles. The number of nitrogens with zero attached hydrogens (tertiary/aromatic N) is 7. The van der Waals surface area contributed by atoms with Gasteiger partial charge in [-0.3, -0.25) is 9.97 Å². The van der Waals surface area contributed by atoms with Crippen LogP contribution in [0.1, 0.15) is 5.56 Å². The maximum absolute atomic E-state index is 6.16. The highest BCUT2D eigenvalue weighted by Gasteiger charge is 2.18. The summed E-state index contributed by atoms with van der Waals surface area (Å²) in [7, 11) is 0. The summed E-state index contributed by atoms with van der Waals surface area (Å²) in [4.78, 5) is 19.9. The number of hydrogen-bond acceptors (Lipinski definition) is 8. The van der Waals surface area contributed by atoms with Gasteiger partial charge in [0.05, 0.1) is 19.4 Å². The van der Waals surface area contributed by atoms with Crippen LogP contribution in [0.5, 0.6) is 0 Å². The van der Waals surface area contributed by atoms with Gasteiger partial charge in [-0.25, -0.2) is 9.98 Å². The molecular weight excluding hydrogens is 404 g/mol. The molecule has 9 nitrogen and oxygen atoms in total. The molecule has 0 saturated carbocycles. The minimum Gasteiger partial charge on any atom is -0.398 e. The van der Waals surface area contributed by atoms with E-state index in [2.05, 4.69) is 24.8 Å². The third-order valence-corrected chi connectivity index (χ3v) is 5.12. The van der Waals surface area contributed by atoms with Crippen molar-refractivity contribution in [3.63, 3.8) is 0 Å². The molecular formula is C23H22N8O. The van der Waals surface area contributed by atoms with Crippen LogP contribution in [0.15, 0.2) is 72.1 Å². The van der Waals surface area contributed by atoms with Crippen molar-refractivity contribution in [2.45, 2.75) is 0 Å². The summed E-state index contributed by atoms with van der Waals surface area (Å²) in [6, 6.07) is 13.6. The van der Waals surface area contributed by atoms with Crippen LogP contribution < -0.4 is 10.6 Å². The summed E-state index contributed by atoms with van der Waals surface area (Å²) >= 11 is 0. The number of aromatic nitrogens is 5. The largest absolute Gasteiger partial charge is 0.398 e. The number of fused-ring (bicyclic) bond motifs is 1. The van der Waals surface area contributed by atoms with Crippen LogP contribution in [-0.2, 0) is 4.74 Å². The van der Waals surface area contributed by atoms with Gasteiger partial charge in [-0.15, -0.1) is 0 Å². The van der Waals surface area contributed by atoms with Gasteiger partial charge in [-0.1, -0.05) is 30.3 Å². The summed E-state index contributed by atoms with van der Waals surface area (Å²) < 4.78 is 7.34. The number of allylic oxidation sites excluding steroid dienone is 1. The maximum Gasteiger partial charge on any atom is 0.160 e. The zero-order chi connectivity index (χ0) is 21.8. The van der Waals surface area contributed by atoms with Gasteiger partial charge in [0, 0.05) is 49.5 Å². The average molecular weight is 426 g/mol. The fraction of sp³-hybridized carbons (Fsp3) is 0.174. The van der Waals surface area contributed by atoms with E-state index in [9.17, 15) is 0 Å². The molecule has 1 fully saturated rings. The number of morpholine rings is 1. The van der Waals surface area contributed by atoms with E-state index >= 15 is 0 Å². The Kier molecular flexibility index (Phi) is 5.54. The van der Waals surface area contributed by atoms with Crippen molar-refractivity contribution in [1.82, 2.24) is 24.6 Å². The fourth-order valence-corrected chi connectivity index (χ4v) is 3.51. The lowest BCUT2D eigenvalue weighted by atomic mass is 10.1. The second-order valence-corrected chi connectivity index (χ2v) is 7.23. The lowest BCUT2D eigenvalue weighted by molar-refractivity contribution is 0.122. The second kappa shape index (κ2) is 8.94. The average Bonchev–Trinajstić information content (AvgIpc) is 3.29. The first kappa shape index (κ1) is 19.8. The Morgan fingerprint density at radius 1 is 1.06 bits per heavy atom. The summed E-state index contributed by atoms with van der Waals surface area (Å²) in [5, 5.41) is 4.73. The number of rotatable bonds is 5. The highest BCUT2D eigenvalue weighted by atomic mass is 16.5. The molecule has 0 radical (unpaired) electrons. The predicted molar refractivity (Wildman–Crippen MR) is 124 cm³/mol. The van der Waals surface area contributed by atoms with Gasteiger partial charge >= 0.3 is 0 Å². The number of nitrogens with two attached hydrogens (primary N) is 1. The van der Waals surface area contributed by atoms with E-state index < -0.39 is 0 Å². The van der Waals surface area contributed by atoms with Crippen LogP contribution >= 0.6 is 0 Å². The molecule has 9 heteroatoms. The lowest BCUT2D eigenvalue weighted by Crippen LogP contribution is -2.37. The van der Waals surface area contributed by atoms with E-state index in [0.29, 0.717) is 41.8 Å². The Labute approximate surface area is 184 Å². The Morgan fingerprint density at radius 3 is 2.69 bits per heavy atom. The minimum absolute atomic E-state index is 0.571. The summed E-state index contributed by atoms with van der Waals surface area (Å²) in [5.41, 5.74) is 9.82. The molecule has 4 aromatic rings. The normalized spacial score (nSPS) is 15.0. The third-order valence-electron chi connectivity index (χ3n) is 5.12. The van der Waals surface area contributed by atoms with Crippen LogP contribution in [-0.4, -0.2) is 57.1 Å². The number of aliphatic imine (C=N–C) groups is 1. The number of ether oxygens (including phenoxy) is 1. The molecule has 32 heavy (non-hydrogen) atoms. The van der Waals surface area contributed by atoms with E-state index in [1.54, 1.807) is 30.9 Å². The van der Waals surface area contributed by atoms with Crippen molar-refractivity contribution in [1.29, 1.82) is 0 Å². The molecule has 1 aliphatic heterocycles. The van der Waals surface area contributed by atoms with Gasteiger partial charge in [-0.2, -0.15) is 9.61 Å². The molecule has 0 bridgehead atoms. The Morgan fingerprint density at radius 2 is 1.91 bits per heavy atom. The molecule has 0 amide bonds. The topological polar surface area (TPSA) is 107 Å². The molecule has 1 aliphatic rings. The number of hydrogen-bond donors (Lipinski definition) is 1. The molecule has 1 aromatic carbocycles. The molecule has 160 valence electrons. The van der Waals surface area contributed by atoms with Gasteiger partial charge in [-0.05, 0) is 11.6 Å². The van der Waals surface area contributed by atoms with Crippen molar-refractivity contribution in [2.24, 2.45) is 10.7 Å². The van der Waals surface area contributed by atoms with E-state index in [4.69, 9.17) is 15.6 Å². The Bertz CT molecular complexity index is 1260. The van der Waals surface area contributed by atoms with Crippen molar-refractivity contribution in [3.05, 3.63) is 72.7 Å². The molecule has 1 saturated heterocycles. The van der Waals surface area contributed by atoms with Gasteiger partial charge in [0.1, 0.15) is 17.2 Å². The zero-order valence-electron chi connectivity index (χ0n) is 17.4. The fourth-order valence-electron chi connectivity index (χ4n) is 3.51. The van der Waals surface area contributed by atoms with Crippen molar-refractivity contribution >= 4 is 29.2 Å². The van der Waals surface area contributed by atoms with Crippen molar-refractivity contribution < 1.29 is 4.74 Å². The van der Waals surface area contributed by atoms with Gasteiger partial charge in [0.25, 0.3) is 0 Å². The zero-order valence-corrected chi connectivity index (χ0v) is 17.4. The highest BCUT2D eigenvalue weighted by molar-refractivity contribution is 5.84. The van der Waals surface area contributed by atoms with Crippen LogP contribution in [0, 0.1) is 0 Å². The molecule has 2 N–H and O–H groups in total. The molecule has 0 aliphatic carbocycles. The first-order valence-corrected chi connectivity index (χ1v) is 10.3. The van der Waals surface area contributed by atoms with Crippen LogP contribution in [0.2, 0.25) is 0 Å². The van der Waals surface area contributed by atoms with E-state index in [0.717, 1.165) is 24.5 Å². The van der Waals surface area contributed by atoms with Gasteiger partial charge in [0.2, 0.25) is 0 Å². The summed E-state index contributed by atoms with van der Waals surface area (Å²) in [6.07, 6.45) is 8.42. The molecule has 5 rings (SSSR count). The monoisotopic (exact) mass is 426 g/mol. The Balaban J connectivity index is 1.52. The van der Waals surface area contributed by atoms with E-state index in [1.807, 2.05) is 47.0 Å². The standard InChI is InChI=1S/C23H22N8O/c24-18(17-4-2-1-3-5-17)6-7-27-21-15-23(30-10-12-32-13-11-30)31-22(28-21)14-19(29-31)20-16-25-8-9-26-20/h1-9,14-16H,10-13,24H2. The third kappa shape index (κ3) is 4.19. The summed E-state index contributed by atoms with van der Waals surface area (Å²) in [6.45, 7) is 2.86. The molecule has 0 spiro atoms. The predicted octanol–water partition coefficient (Wildman–Crippen LogP) is 2.73. The first-order chi connectivity index (χ1) is 15.8. The van der Waals surface area contributed by atoms with Crippen LogP contribution in [0.25, 0.3) is 22.7 Å². The SMILES string of the molecule is NC(=CC=Nc1cc(N2CCOCC2)n2nc(-c3cnccn3)cc2n1)c1ccccc1. The Hall–Kier alpha value is -4.11. The maximum atomic E-state index is 6.16. The van der Waals surface area contributed by atoms with E-state index in [1.165, 1.54) is 0 Å². The smallest absolute Gasteiger partial charge is 0.160 e. The van der Waals surface area contributed by atoms with E-state index in [-0.39, 0.29) is 0 Å². The van der Waals surface area contributed by atoms with Crippen molar-refractivity contribution in [2.75, 3.05) is 31.2 Å². The molecule has 4 heterocycles. The summed E-state index contributed by atoms with van der Waals surface area (Å²) in [5.74, 6) is 1.47. The van der Waals surface area contributed by atoms with Crippen LogP contribution in [0.4, 0.5) is 11.6 Å². The first-order valence-electron chi connectivity index (χ1n) is 10.3. The highest BCUT2D eigenvalue weighted by Crippen LogP contribution is 2.25. The van der Waals surface area contributed by atoms with Gasteiger partial charge in [0.15, 0.2) is 11.5 Å². The lowest BCUT2D eigenvalue weighted by Gasteiger charge is -2.28. The molecule has 0 atom stereocenters. The number of anilines is 1. The minimum atomic E-state index is 0.571. The number of benzene rings is 1. The molecule has 0 unspecified atom stereocenters. The van der Waals surface area contributed by atoms with Crippen LogP contribution in [0.3, 0.4) is 0 Å².